The third kappa shape index (κ3) is 2.02. The molecule has 0 aromatic heterocycles. The van der Waals surface area contributed by atoms with Gasteiger partial charge in [-0.1, -0.05) is 24.3 Å². The Morgan fingerprint density at radius 2 is 1.71 bits per heavy atom. The van der Waals surface area contributed by atoms with Gasteiger partial charge in [0.2, 0.25) is 0 Å². The Bertz CT molecular complexity index is 613. The Labute approximate surface area is 124 Å². The number of allylic oxidation sites excluding steroid dienone is 1. The van der Waals surface area contributed by atoms with E-state index < -0.39 is 0 Å². The quantitative estimate of drug-likeness (QED) is 0.584. The van der Waals surface area contributed by atoms with Gasteiger partial charge in [0.15, 0.2) is 11.6 Å². The molecular formula is C17H18N2O2. The number of carbonyl (C=O) groups is 2. The van der Waals surface area contributed by atoms with E-state index in [1.165, 1.54) is 12.8 Å². The Morgan fingerprint density at radius 3 is 2.43 bits per heavy atom. The number of hydrogen-bond acceptors (Lipinski definition) is 4. The highest BCUT2D eigenvalue weighted by atomic mass is 16.2. The summed E-state index contributed by atoms with van der Waals surface area (Å²) < 4.78 is 0. The number of Topliss-reactive ketones (excluding diaryl/α,β-unsaturated/α-hetero) is 2. The van der Waals surface area contributed by atoms with Crippen LogP contribution < -0.4 is 0 Å². The summed E-state index contributed by atoms with van der Waals surface area (Å²) in [4.78, 5) is 29.3. The van der Waals surface area contributed by atoms with Crippen molar-refractivity contribution in [2.75, 3.05) is 19.8 Å². The van der Waals surface area contributed by atoms with E-state index in [-0.39, 0.29) is 11.6 Å². The third-order valence-corrected chi connectivity index (χ3v) is 4.83. The molecule has 1 aromatic carbocycles. The first-order valence-corrected chi connectivity index (χ1v) is 7.62. The number of benzene rings is 1. The molecule has 2 fully saturated rings. The predicted octanol–water partition coefficient (Wildman–Crippen LogP) is 2.08. The Hall–Kier alpha value is -1.94. The van der Waals surface area contributed by atoms with E-state index in [1.807, 2.05) is 12.1 Å². The van der Waals surface area contributed by atoms with Crippen molar-refractivity contribution in [3.8, 4) is 0 Å². The molecule has 3 aliphatic rings. The first-order valence-electron chi connectivity index (χ1n) is 7.62. The summed E-state index contributed by atoms with van der Waals surface area (Å²) >= 11 is 0. The number of ketones is 2. The summed E-state index contributed by atoms with van der Waals surface area (Å²) in [5.74, 6) is -0.252. The average molecular weight is 282 g/mol. The molecule has 0 amide bonds. The smallest absolute Gasteiger partial charge is 0.199 e. The third-order valence-electron chi connectivity index (χ3n) is 4.83. The molecule has 1 aromatic rings. The van der Waals surface area contributed by atoms with Crippen molar-refractivity contribution < 1.29 is 9.59 Å². The molecule has 2 aliphatic heterocycles. The van der Waals surface area contributed by atoms with E-state index in [2.05, 4.69) is 9.80 Å². The zero-order valence-corrected chi connectivity index (χ0v) is 11.9. The van der Waals surface area contributed by atoms with Gasteiger partial charge in [0.1, 0.15) is 0 Å². The fourth-order valence-corrected chi connectivity index (χ4v) is 3.70. The normalized spacial score (nSPS) is 25.2. The number of hydrogen-bond donors (Lipinski definition) is 0. The van der Waals surface area contributed by atoms with Crippen LogP contribution >= 0.6 is 0 Å². The molecule has 4 nitrogen and oxygen atoms in total. The second-order valence-corrected chi connectivity index (χ2v) is 6.10. The second-order valence-electron chi connectivity index (χ2n) is 6.10. The molecule has 0 N–H and O–H groups in total. The summed E-state index contributed by atoms with van der Waals surface area (Å²) in [7, 11) is 0. The molecule has 0 bridgehead atoms. The number of fused-ring (bicyclic) bond motifs is 2. The van der Waals surface area contributed by atoms with Gasteiger partial charge >= 0.3 is 0 Å². The molecule has 0 saturated carbocycles. The van der Waals surface area contributed by atoms with E-state index in [9.17, 15) is 9.59 Å². The van der Waals surface area contributed by atoms with Crippen molar-refractivity contribution in [3.63, 3.8) is 0 Å². The van der Waals surface area contributed by atoms with Crippen molar-refractivity contribution in [1.82, 2.24) is 9.80 Å². The van der Waals surface area contributed by atoms with Gasteiger partial charge < -0.3 is 4.90 Å². The van der Waals surface area contributed by atoms with Crippen LogP contribution in [-0.2, 0) is 0 Å². The maximum absolute atomic E-state index is 12.4. The van der Waals surface area contributed by atoms with Crippen LogP contribution in [-0.4, -0.2) is 47.2 Å². The topological polar surface area (TPSA) is 40.6 Å². The lowest BCUT2D eigenvalue weighted by atomic mass is 10.1. The Kier molecular flexibility index (Phi) is 2.93. The zero-order valence-electron chi connectivity index (χ0n) is 11.9. The molecule has 1 aliphatic carbocycles. The highest BCUT2D eigenvalue weighted by Crippen LogP contribution is 2.29. The lowest BCUT2D eigenvalue weighted by molar-refractivity contribution is 0.0927. The summed E-state index contributed by atoms with van der Waals surface area (Å²) in [5, 5.41) is 0. The van der Waals surface area contributed by atoms with Crippen LogP contribution in [0.2, 0.25) is 0 Å². The highest BCUT2D eigenvalue weighted by molar-refractivity contribution is 6.39. The van der Waals surface area contributed by atoms with Crippen molar-refractivity contribution >= 4 is 11.6 Å². The summed E-state index contributed by atoms with van der Waals surface area (Å²) in [6.45, 7) is 2.90. The van der Waals surface area contributed by atoms with Crippen LogP contribution in [0.25, 0.3) is 0 Å². The van der Waals surface area contributed by atoms with Crippen LogP contribution in [0.1, 0.15) is 40.0 Å². The summed E-state index contributed by atoms with van der Waals surface area (Å²) in [6.07, 6.45) is 5.46. The van der Waals surface area contributed by atoms with E-state index in [0.29, 0.717) is 22.7 Å². The molecule has 4 rings (SSSR count). The molecule has 2 heterocycles. The SMILES string of the molecule is O=C1C(=CN2CC[C@H]3CCCN3C2)C(=O)c2ccccc21. The number of carbonyl (C=O) groups excluding carboxylic acids is 2. The van der Waals surface area contributed by atoms with Crippen LogP contribution in [0.3, 0.4) is 0 Å². The van der Waals surface area contributed by atoms with E-state index >= 15 is 0 Å². The molecule has 0 unspecified atom stereocenters. The van der Waals surface area contributed by atoms with Gasteiger partial charge in [0.05, 0.1) is 12.2 Å². The second kappa shape index (κ2) is 4.81. The van der Waals surface area contributed by atoms with Crippen molar-refractivity contribution in [2.45, 2.75) is 25.3 Å². The van der Waals surface area contributed by atoms with Crippen LogP contribution in [0.15, 0.2) is 36.0 Å². The van der Waals surface area contributed by atoms with Crippen molar-refractivity contribution in [3.05, 3.63) is 47.2 Å². The summed E-state index contributed by atoms with van der Waals surface area (Å²) in [5.41, 5.74) is 1.42. The fraction of sp³-hybridized carbons (Fsp3) is 0.412. The first-order chi connectivity index (χ1) is 10.2. The van der Waals surface area contributed by atoms with Crippen LogP contribution in [0.5, 0.6) is 0 Å². The van der Waals surface area contributed by atoms with Crippen molar-refractivity contribution in [1.29, 1.82) is 0 Å². The van der Waals surface area contributed by atoms with Gasteiger partial charge in [-0.25, -0.2) is 0 Å². The highest BCUT2D eigenvalue weighted by Gasteiger charge is 2.35. The lowest BCUT2D eigenvalue weighted by Crippen LogP contribution is -2.45. The first kappa shape index (κ1) is 12.8. The minimum Gasteiger partial charge on any atom is -0.364 e. The molecule has 0 radical (unpaired) electrons. The number of rotatable bonds is 1. The van der Waals surface area contributed by atoms with Gasteiger partial charge in [-0.2, -0.15) is 0 Å². The maximum Gasteiger partial charge on any atom is 0.199 e. The fourth-order valence-electron chi connectivity index (χ4n) is 3.70. The molecule has 2 saturated heterocycles. The largest absolute Gasteiger partial charge is 0.364 e. The molecule has 4 heteroatoms. The minimum atomic E-state index is -0.126. The Morgan fingerprint density at radius 1 is 1.00 bits per heavy atom. The minimum absolute atomic E-state index is 0.126. The molecule has 1 atom stereocenters. The summed E-state index contributed by atoms with van der Waals surface area (Å²) in [6, 6.07) is 7.80. The monoisotopic (exact) mass is 282 g/mol. The Balaban J connectivity index is 1.60. The zero-order chi connectivity index (χ0) is 14.4. The van der Waals surface area contributed by atoms with Gasteiger partial charge in [0, 0.05) is 36.5 Å². The van der Waals surface area contributed by atoms with Crippen LogP contribution in [0.4, 0.5) is 0 Å². The standard InChI is InChI=1S/C17H18N2O2/c20-16-13-5-1-2-6-14(13)17(21)15(16)10-18-9-7-12-4-3-8-19(12)11-18/h1-2,5-6,10,12H,3-4,7-9,11H2/t12-/m1/s1. The van der Waals surface area contributed by atoms with Crippen LogP contribution in [0, 0.1) is 0 Å². The molecule has 21 heavy (non-hydrogen) atoms. The maximum atomic E-state index is 12.4. The van der Waals surface area contributed by atoms with E-state index in [1.54, 1.807) is 18.3 Å². The van der Waals surface area contributed by atoms with Gasteiger partial charge in [-0.3, -0.25) is 14.5 Å². The molecule has 0 spiro atoms. The van der Waals surface area contributed by atoms with Gasteiger partial charge in [-0.05, 0) is 19.3 Å². The van der Waals surface area contributed by atoms with Gasteiger partial charge in [0.25, 0.3) is 0 Å². The molecule has 108 valence electrons. The van der Waals surface area contributed by atoms with Gasteiger partial charge in [-0.15, -0.1) is 0 Å². The van der Waals surface area contributed by atoms with E-state index in [0.717, 1.165) is 26.2 Å². The lowest BCUT2D eigenvalue weighted by Gasteiger charge is -2.37. The van der Waals surface area contributed by atoms with E-state index in [4.69, 9.17) is 0 Å². The average Bonchev–Trinajstić information content (AvgIpc) is 3.06. The number of nitrogens with zero attached hydrogens (tertiary/aromatic N) is 2. The predicted molar refractivity (Wildman–Crippen MR) is 79.1 cm³/mol. The van der Waals surface area contributed by atoms with Crippen molar-refractivity contribution in [2.24, 2.45) is 0 Å². The molecular weight excluding hydrogens is 264 g/mol.